The molecule has 1 aliphatic heterocycles. The molecule has 10 aromatic rings. The fraction of sp³-hybridized carbons (Fsp3) is 0.0175. The molecule has 1 aromatic heterocycles. The lowest BCUT2D eigenvalue weighted by atomic mass is 9.64. The van der Waals surface area contributed by atoms with Gasteiger partial charge in [-0.05, 0) is 102 Å². The fourth-order valence-electron chi connectivity index (χ4n) is 10.8. The van der Waals surface area contributed by atoms with Gasteiger partial charge in [0.1, 0.15) is 5.69 Å². The summed E-state index contributed by atoms with van der Waals surface area (Å²) in [5.74, 6) is 0. The number of fused-ring (bicyclic) bond motifs is 12. The highest BCUT2D eigenvalue weighted by Crippen LogP contribution is 2.64. The summed E-state index contributed by atoms with van der Waals surface area (Å²) in [6.07, 6.45) is 0. The van der Waals surface area contributed by atoms with Crippen LogP contribution in [0.4, 0.5) is 17.1 Å². The summed E-state index contributed by atoms with van der Waals surface area (Å²) in [4.78, 5) is 2.43. The van der Waals surface area contributed by atoms with Gasteiger partial charge in [0.05, 0.1) is 22.5 Å². The zero-order valence-electron chi connectivity index (χ0n) is 32.5. The van der Waals surface area contributed by atoms with Crippen LogP contribution in [0.15, 0.2) is 212 Å². The maximum atomic E-state index is 5.27. The summed E-state index contributed by atoms with van der Waals surface area (Å²) in [6, 6.07) is 77.4. The van der Waals surface area contributed by atoms with Gasteiger partial charge in [-0.1, -0.05) is 182 Å². The lowest BCUT2D eigenvalue weighted by molar-refractivity contribution is 0.752. The number of rotatable bonds is 4. The third-order valence-electron chi connectivity index (χ3n) is 13.1. The Morgan fingerprint density at radius 2 is 0.883 bits per heavy atom. The van der Waals surface area contributed by atoms with Crippen LogP contribution in [-0.4, -0.2) is 10.2 Å². The molecule has 0 unspecified atom stereocenters. The van der Waals surface area contributed by atoms with Crippen molar-refractivity contribution in [2.45, 2.75) is 5.41 Å². The van der Waals surface area contributed by atoms with E-state index in [1.54, 1.807) is 0 Å². The van der Waals surface area contributed by atoms with E-state index in [2.05, 4.69) is 217 Å². The molecule has 3 aliphatic rings. The Morgan fingerprint density at radius 3 is 1.62 bits per heavy atom. The van der Waals surface area contributed by atoms with Gasteiger partial charge in [-0.3, -0.25) is 0 Å². The van der Waals surface area contributed by atoms with Gasteiger partial charge >= 0.3 is 0 Å². The minimum absolute atomic E-state index is 0.567. The van der Waals surface area contributed by atoms with E-state index < -0.39 is 5.41 Å². The van der Waals surface area contributed by atoms with Gasteiger partial charge in [-0.25, -0.2) is 0 Å². The maximum absolute atomic E-state index is 5.27. The van der Waals surface area contributed by atoms with Crippen molar-refractivity contribution < 1.29 is 0 Å². The second-order valence-corrected chi connectivity index (χ2v) is 16.0. The molecule has 0 atom stereocenters. The van der Waals surface area contributed by atoms with Crippen LogP contribution in [0.25, 0.3) is 77.8 Å². The summed E-state index contributed by atoms with van der Waals surface area (Å²) in [6.45, 7) is 0. The lowest BCUT2D eigenvalue weighted by Gasteiger charge is -2.45. The Bertz CT molecular complexity index is 3310. The average Bonchev–Trinajstić information content (AvgIpc) is 3.81. The number of hydrogen-bond acceptors (Lipinski definition) is 3. The topological polar surface area (TPSA) is 29.0 Å². The molecule has 2 heterocycles. The molecule has 0 saturated carbocycles. The van der Waals surface area contributed by atoms with Gasteiger partial charge in [0.25, 0.3) is 0 Å². The van der Waals surface area contributed by atoms with Crippen molar-refractivity contribution in [1.82, 2.24) is 10.2 Å². The van der Waals surface area contributed by atoms with Crippen LogP contribution in [0.5, 0.6) is 0 Å². The third-order valence-corrected chi connectivity index (χ3v) is 13.1. The molecule has 278 valence electrons. The minimum atomic E-state index is -0.567. The first-order valence-electron chi connectivity index (χ1n) is 20.7. The van der Waals surface area contributed by atoms with Gasteiger partial charge in [-0.15, -0.1) is 10.2 Å². The van der Waals surface area contributed by atoms with Crippen molar-refractivity contribution in [2.24, 2.45) is 0 Å². The van der Waals surface area contributed by atoms with Crippen molar-refractivity contribution in [1.29, 1.82) is 0 Å². The number of benzene rings is 9. The average molecular weight is 762 g/mol. The summed E-state index contributed by atoms with van der Waals surface area (Å²) in [5, 5.41) is 12.9. The van der Waals surface area contributed by atoms with E-state index in [9.17, 15) is 0 Å². The van der Waals surface area contributed by atoms with E-state index in [0.29, 0.717) is 0 Å². The molecule has 0 fully saturated rings. The first-order chi connectivity index (χ1) is 29.8. The van der Waals surface area contributed by atoms with Crippen LogP contribution in [0, 0.1) is 0 Å². The third kappa shape index (κ3) is 4.38. The molecule has 2 aliphatic carbocycles. The number of aromatic nitrogens is 2. The van der Waals surface area contributed by atoms with Crippen molar-refractivity contribution in [3.8, 4) is 67.0 Å². The number of hydrogen-bond donors (Lipinski definition) is 0. The monoisotopic (exact) mass is 761 g/mol. The zero-order valence-corrected chi connectivity index (χ0v) is 32.5. The normalized spacial score (nSPS) is 13.4. The lowest BCUT2D eigenvalue weighted by Crippen LogP contribution is -2.36. The largest absolute Gasteiger partial charge is 0.310 e. The van der Waals surface area contributed by atoms with Gasteiger partial charge < -0.3 is 4.90 Å². The highest BCUT2D eigenvalue weighted by atomic mass is 15.2. The van der Waals surface area contributed by atoms with Crippen molar-refractivity contribution in [3.63, 3.8) is 0 Å². The Kier molecular flexibility index (Phi) is 6.93. The quantitative estimate of drug-likeness (QED) is 0.179. The number of anilines is 3. The first-order valence-corrected chi connectivity index (χ1v) is 20.7. The zero-order chi connectivity index (χ0) is 39.4. The van der Waals surface area contributed by atoms with Crippen molar-refractivity contribution in [3.05, 3.63) is 235 Å². The predicted molar refractivity (Wildman–Crippen MR) is 246 cm³/mol. The van der Waals surface area contributed by atoms with E-state index in [1.807, 2.05) is 0 Å². The summed E-state index contributed by atoms with van der Waals surface area (Å²) >= 11 is 0. The Hall–Kier alpha value is -7.88. The van der Waals surface area contributed by atoms with Crippen molar-refractivity contribution >= 4 is 27.8 Å². The molecule has 0 N–H and O–H groups in total. The van der Waals surface area contributed by atoms with Crippen LogP contribution in [0.2, 0.25) is 0 Å². The molecule has 13 rings (SSSR count). The Balaban J connectivity index is 1.06. The predicted octanol–water partition coefficient (Wildman–Crippen LogP) is 14.4. The van der Waals surface area contributed by atoms with Gasteiger partial charge in [0, 0.05) is 22.4 Å². The molecule has 0 saturated heterocycles. The number of nitrogens with zero attached hydrogens (tertiary/aromatic N) is 3. The van der Waals surface area contributed by atoms with Crippen molar-refractivity contribution in [2.75, 3.05) is 4.90 Å². The van der Waals surface area contributed by atoms with E-state index in [1.165, 1.54) is 77.8 Å². The molecule has 1 spiro atoms. The van der Waals surface area contributed by atoms with E-state index in [0.717, 1.165) is 39.3 Å². The van der Waals surface area contributed by atoms with Crippen LogP contribution < -0.4 is 4.90 Å². The highest BCUT2D eigenvalue weighted by molar-refractivity contribution is 6.18. The molecule has 0 bridgehead atoms. The molecular formula is C57H35N3. The van der Waals surface area contributed by atoms with Gasteiger partial charge in [-0.2, -0.15) is 0 Å². The first kappa shape index (κ1) is 33.1. The summed E-state index contributed by atoms with van der Waals surface area (Å²) in [7, 11) is 0. The van der Waals surface area contributed by atoms with E-state index in [-0.39, 0.29) is 0 Å². The minimum Gasteiger partial charge on any atom is -0.310 e. The van der Waals surface area contributed by atoms with E-state index >= 15 is 0 Å². The molecule has 3 heteroatoms. The highest BCUT2D eigenvalue weighted by Gasteiger charge is 2.52. The molecular weight excluding hydrogens is 727 g/mol. The maximum Gasteiger partial charge on any atom is 0.101 e. The SMILES string of the molecule is c1ccc(-c2cc(-c3ccc4c5c(cccc35)-c3ccccc3-4)nnc2-c2cccc3c2-c2ccccc2C32c3ccccc3N(c3ccccc3)c3ccccc32)cc1. The molecule has 0 radical (unpaired) electrons. The number of para-hydroxylation sites is 3. The molecule has 60 heavy (non-hydrogen) atoms. The van der Waals surface area contributed by atoms with Gasteiger partial charge in [0.15, 0.2) is 0 Å². The second kappa shape index (κ2) is 12.6. The standard InChI is InChI=1S/C57H35N3/c1-3-17-36(18-4-1)46-35-51(40-33-34-43-39-22-8-7-21-38(39)41-24-15-25-42(40)54(41)43)58-59-56(46)45-26-16-30-50-55(45)44-23-9-10-27-47(44)57(50)48-28-11-13-31-52(48)60(37-19-5-2-6-20-37)53-32-14-12-29-49(53)57/h1-35H. The summed E-state index contributed by atoms with van der Waals surface area (Å²) in [5.41, 5.74) is 21.6. The molecule has 3 nitrogen and oxygen atoms in total. The molecule has 9 aromatic carbocycles. The van der Waals surface area contributed by atoms with Crippen LogP contribution >= 0.6 is 0 Å². The van der Waals surface area contributed by atoms with E-state index in [4.69, 9.17) is 10.2 Å². The fourth-order valence-corrected chi connectivity index (χ4v) is 10.8. The molecule has 0 amide bonds. The van der Waals surface area contributed by atoms with Crippen LogP contribution in [-0.2, 0) is 5.41 Å². The van der Waals surface area contributed by atoms with Gasteiger partial charge in [0.2, 0.25) is 0 Å². The van der Waals surface area contributed by atoms with Crippen LogP contribution in [0.3, 0.4) is 0 Å². The second-order valence-electron chi connectivity index (χ2n) is 16.0. The Labute approximate surface area is 348 Å². The smallest absolute Gasteiger partial charge is 0.101 e. The van der Waals surface area contributed by atoms with Crippen LogP contribution in [0.1, 0.15) is 22.3 Å². The Morgan fingerprint density at radius 1 is 0.350 bits per heavy atom. The summed E-state index contributed by atoms with van der Waals surface area (Å²) < 4.78 is 0.